The summed E-state index contributed by atoms with van der Waals surface area (Å²) in [5.41, 5.74) is 3.09. The molecule has 7 heteroatoms. The highest BCUT2D eigenvalue weighted by molar-refractivity contribution is 5.90. The fourth-order valence-electron chi connectivity index (χ4n) is 5.31. The molecule has 0 aliphatic carbocycles. The monoisotopic (exact) mass is 570 g/mol. The number of aromatic nitrogens is 1. The van der Waals surface area contributed by atoms with Gasteiger partial charge in [-0.2, -0.15) is 0 Å². The van der Waals surface area contributed by atoms with Gasteiger partial charge < -0.3 is 15.0 Å². The first-order valence-electron chi connectivity index (χ1n) is 15.3. The second-order valence-electron chi connectivity index (χ2n) is 11.8. The number of likely N-dealkylation sites (N-methyl/N-ethyl adjacent to an activating group) is 1. The highest BCUT2D eigenvalue weighted by Gasteiger charge is 2.31. The van der Waals surface area contributed by atoms with Crippen LogP contribution < -0.4 is 10.1 Å². The van der Waals surface area contributed by atoms with E-state index in [0.717, 1.165) is 67.8 Å². The minimum Gasteiger partial charge on any atom is -0.489 e. The summed E-state index contributed by atoms with van der Waals surface area (Å²) in [7, 11) is 2.00. The number of amides is 2. The van der Waals surface area contributed by atoms with E-state index in [1.165, 1.54) is 0 Å². The molecule has 2 amide bonds. The first-order chi connectivity index (χ1) is 20.4. The van der Waals surface area contributed by atoms with E-state index in [0.29, 0.717) is 25.4 Å². The summed E-state index contributed by atoms with van der Waals surface area (Å²) >= 11 is 0. The SMILES string of the molecule is CC(C)CCN(C)C(Cc1cccnc1)C(=O)NC(Cc1ccc(OCc2ccccc2)cc1)C(=O)N1CCCCC1. The van der Waals surface area contributed by atoms with E-state index >= 15 is 0 Å². The smallest absolute Gasteiger partial charge is 0.245 e. The van der Waals surface area contributed by atoms with E-state index in [-0.39, 0.29) is 11.8 Å². The Morgan fingerprint density at radius 2 is 1.62 bits per heavy atom. The Hall–Kier alpha value is -3.71. The number of benzene rings is 2. The molecule has 2 heterocycles. The number of nitrogens with zero attached hydrogens (tertiary/aromatic N) is 3. The van der Waals surface area contributed by atoms with Crippen LogP contribution in [-0.4, -0.2) is 65.4 Å². The van der Waals surface area contributed by atoms with Crippen molar-refractivity contribution in [3.05, 3.63) is 95.8 Å². The molecule has 3 aromatic rings. The second kappa shape index (κ2) is 16.1. The quantitative estimate of drug-likeness (QED) is 0.285. The van der Waals surface area contributed by atoms with Crippen LogP contribution in [0.25, 0.3) is 0 Å². The van der Waals surface area contributed by atoms with Crippen LogP contribution in [0.2, 0.25) is 0 Å². The van der Waals surface area contributed by atoms with Gasteiger partial charge in [0, 0.05) is 31.9 Å². The van der Waals surface area contributed by atoms with Crippen LogP contribution in [0, 0.1) is 5.92 Å². The standard InChI is InChI=1S/C35H46N4O3/c1-27(2)18-22-38(3)33(24-30-13-10-19-36-25-30)34(40)37-32(35(41)39-20-8-5-9-21-39)23-28-14-16-31(17-15-28)42-26-29-11-6-4-7-12-29/h4,6-7,10-17,19,25,27,32-33H,5,8-9,18,20-24,26H2,1-3H3,(H,37,40). The molecule has 1 aromatic heterocycles. The molecule has 224 valence electrons. The summed E-state index contributed by atoms with van der Waals surface area (Å²) in [6, 6.07) is 20.8. The molecule has 4 rings (SSSR count). The van der Waals surface area contributed by atoms with Gasteiger partial charge in [0.05, 0.1) is 6.04 Å². The first-order valence-corrected chi connectivity index (χ1v) is 15.3. The number of rotatable bonds is 14. The second-order valence-corrected chi connectivity index (χ2v) is 11.8. The zero-order chi connectivity index (χ0) is 29.7. The first kappa shape index (κ1) is 31.2. The lowest BCUT2D eigenvalue weighted by atomic mass is 10.0. The number of carbonyl (C=O) groups is 2. The molecular weight excluding hydrogens is 524 g/mol. The minimum absolute atomic E-state index is 0.00239. The van der Waals surface area contributed by atoms with Crippen molar-refractivity contribution in [1.29, 1.82) is 0 Å². The molecule has 0 saturated carbocycles. The van der Waals surface area contributed by atoms with Gasteiger partial charge in [-0.05, 0) is 86.5 Å². The maximum atomic E-state index is 13.9. The highest BCUT2D eigenvalue weighted by atomic mass is 16.5. The van der Waals surface area contributed by atoms with Crippen molar-refractivity contribution in [2.24, 2.45) is 5.92 Å². The van der Waals surface area contributed by atoms with Gasteiger partial charge in [0.1, 0.15) is 18.4 Å². The van der Waals surface area contributed by atoms with Crippen LogP contribution in [0.4, 0.5) is 0 Å². The highest BCUT2D eigenvalue weighted by Crippen LogP contribution is 2.18. The Morgan fingerprint density at radius 1 is 0.905 bits per heavy atom. The van der Waals surface area contributed by atoms with E-state index < -0.39 is 12.1 Å². The van der Waals surface area contributed by atoms with Gasteiger partial charge in [0.2, 0.25) is 11.8 Å². The van der Waals surface area contributed by atoms with Crippen molar-refractivity contribution in [3.63, 3.8) is 0 Å². The third-order valence-electron chi connectivity index (χ3n) is 7.94. The van der Waals surface area contributed by atoms with Crippen molar-refractivity contribution in [3.8, 4) is 5.75 Å². The number of likely N-dealkylation sites (tertiary alicyclic amines) is 1. The minimum atomic E-state index is -0.637. The lowest BCUT2D eigenvalue weighted by Gasteiger charge is -2.33. The van der Waals surface area contributed by atoms with Crippen molar-refractivity contribution in [2.45, 2.75) is 71.1 Å². The number of pyridine rings is 1. The molecule has 2 unspecified atom stereocenters. The molecule has 0 radical (unpaired) electrons. The number of nitrogens with one attached hydrogen (secondary N) is 1. The van der Waals surface area contributed by atoms with Gasteiger partial charge in [-0.1, -0.05) is 62.4 Å². The lowest BCUT2D eigenvalue weighted by molar-refractivity contribution is -0.138. The van der Waals surface area contributed by atoms with E-state index in [1.54, 1.807) is 6.20 Å². The topological polar surface area (TPSA) is 74.8 Å². The largest absolute Gasteiger partial charge is 0.489 e. The zero-order valence-electron chi connectivity index (χ0n) is 25.4. The molecular formula is C35H46N4O3. The normalized spacial score (nSPS) is 14.9. The molecule has 1 saturated heterocycles. The average molecular weight is 571 g/mol. The number of hydrogen-bond donors (Lipinski definition) is 1. The van der Waals surface area contributed by atoms with Crippen molar-refractivity contribution < 1.29 is 14.3 Å². The van der Waals surface area contributed by atoms with Gasteiger partial charge in [0.25, 0.3) is 0 Å². The molecule has 7 nitrogen and oxygen atoms in total. The Labute approximate surface area is 251 Å². The van der Waals surface area contributed by atoms with E-state index in [4.69, 9.17) is 4.74 Å². The summed E-state index contributed by atoms with van der Waals surface area (Å²) in [5, 5.41) is 3.19. The van der Waals surface area contributed by atoms with Crippen LogP contribution in [0.15, 0.2) is 79.1 Å². The predicted molar refractivity (Wildman–Crippen MR) is 167 cm³/mol. The summed E-state index contributed by atoms with van der Waals surface area (Å²) < 4.78 is 5.96. The maximum Gasteiger partial charge on any atom is 0.245 e. The van der Waals surface area contributed by atoms with Crippen LogP contribution in [0.5, 0.6) is 5.75 Å². The van der Waals surface area contributed by atoms with Gasteiger partial charge in [-0.25, -0.2) is 0 Å². The fraction of sp³-hybridized carbons (Fsp3) is 0.457. The molecule has 1 aliphatic heterocycles. The Kier molecular flexibility index (Phi) is 11.9. The van der Waals surface area contributed by atoms with Gasteiger partial charge in [0.15, 0.2) is 0 Å². The fourth-order valence-corrected chi connectivity index (χ4v) is 5.31. The maximum absolute atomic E-state index is 13.9. The van der Waals surface area contributed by atoms with Crippen molar-refractivity contribution in [2.75, 3.05) is 26.7 Å². The van der Waals surface area contributed by atoms with Crippen LogP contribution in [0.1, 0.15) is 56.2 Å². The molecule has 2 atom stereocenters. The van der Waals surface area contributed by atoms with Crippen molar-refractivity contribution in [1.82, 2.24) is 20.1 Å². The van der Waals surface area contributed by atoms with Gasteiger partial charge in [-0.3, -0.25) is 19.5 Å². The number of hydrogen-bond acceptors (Lipinski definition) is 5. The van der Waals surface area contributed by atoms with Crippen LogP contribution >= 0.6 is 0 Å². The molecule has 2 aromatic carbocycles. The van der Waals surface area contributed by atoms with Crippen LogP contribution in [-0.2, 0) is 29.0 Å². The predicted octanol–water partition coefficient (Wildman–Crippen LogP) is 5.29. The molecule has 1 N–H and O–H groups in total. The molecule has 1 aliphatic rings. The summed E-state index contributed by atoms with van der Waals surface area (Å²) in [5.74, 6) is 1.18. The molecule has 0 bridgehead atoms. The number of piperidine rings is 1. The third-order valence-corrected chi connectivity index (χ3v) is 7.94. The summed E-state index contributed by atoms with van der Waals surface area (Å²) in [4.78, 5) is 36.0. The number of ether oxygens (including phenoxy) is 1. The average Bonchev–Trinajstić information content (AvgIpc) is 3.02. The molecule has 42 heavy (non-hydrogen) atoms. The van der Waals surface area contributed by atoms with Crippen molar-refractivity contribution >= 4 is 11.8 Å². The van der Waals surface area contributed by atoms with E-state index in [9.17, 15) is 9.59 Å². The van der Waals surface area contributed by atoms with Crippen LogP contribution in [0.3, 0.4) is 0 Å². The van der Waals surface area contributed by atoms with E-state index in [2.05, 4.69) is 29.0 Å². The molecule has 0 spiro atoms. The lowest BCUT2D eigenvalue weighted by Crippen LogP contribution is -2.55. The Balaban J connectivity index is 1.48. The van der Waals surface area contributed by atoms with Gasteiger partial charge >= 0.3 is 0 Å². The van der Waals surface area contributed by atoms with Gasteiger partial charge in [-0.15, -0.1) is 0 Å². The zero-order valence-corrected chi connectivity index (χ0v) is 25.4. The Bertz CT molecular complexity index is 1230. The number of carbonyl (C=O) groups excluding carboxylic acids is 2. The van der Waals surface area contributed by atoms with E-state index in [1.807, 2.05) is 84.9 Å². The summed E-state index contributed by atoms with van der Waals surface area (Å²) in [6.07, 6.45) is 8.65. The third kappa shape index (κ3) is 9.69. The molecule has 1 fully saturated rings. The summed E-state index contributed by atoms with van der Waals surface area (Å²) in [6.45, 7) is 7.15. The Morgan fingerprint density at radius 3 is 2.29 bits per heavy atom.